The molecule has 0 spiro atoms. The third-order valence-corrected chi connectivity index (χ3v) is 3.94. The molecule has 0 aliphatic heterocycles. The number of fused-ring (bicyclic) bond motifs is 1. The Morgan fingerprint density at radius 2 is 2.21 bits per heavy atom. The molecular weight excluding hydrogens is 238 g/mol. The molecule has 1 fully saturated rings. The van der Waals surface area contributed by atoms with E-state index in [1.54, 1.807) is 0 Å². The fourth-order valence-corrected chi connectivity index (χ4v) is 2.55. The molecule has 1 aromatic carbocycles. The van der Waals surface area contributed by atoms with Crippen LogP contribution in [0.2, 0.25) is 0 Å². The van der Waals surface area contributed by atoms with E-state index in [2.05, 4.69) is 29.5 Å². The number of carbonyl (C=O) groups is 1. The maximum absolute atomic E-state index is 11.9. The van der Waals surface area contributed by atoms with Crippen LogP contribution >= 0.6 is 0 Å². The minimum atomic E-state index is 0.182. The van der Waals surface area contributed by atoms with Crippen molar-refractivity contribution in [3.63, 3.8) is 0 Å². The Labute approximate surface area is 112 Å². The molecule has 0 bridgehead atoms. The van der Waals surface area contributed by atoms with Crippen molar-refractivity contribution < 1.29 is 4.79 Å². The van der Waals surface area contributed by atoms with Crippen LogP contribution in [0.15, 0.2) is 24.3 Å². The molecule has 1 aliphatic carbocycles. The van der Waals surface area contributed by atoms with E-state index in [1.807, 2.05) is 16.8 Å². The molecule has 0 atom stereocenters. The maximum Gasteiger partial charge on any atom is 0.223 e. The molecule has 0 unspecified atom stereocenters. The highest BCUT2D eigenvalue weighted by molar-refractivity contribution is 5.83. The van der Waals surface area contributed by atoms with E-state index < -0.39 is 0 Å². The van der Waals surface area contributed by atoms with E-state index in [4.69, 9.17) is 0 Å². The SMILES string of the molecule is CCn1nc(CNC(=O)C2CCC2)c2ccccc21. The first-order valence-electron chi connectivity index (χ1n) is 7.01. The van der Waals surface area contributed by atoms with Crippen LogP contribution in [-0.2, 0) is 17.9 Å². The van der Waals surface area contributed by atoms with Gasteiger partial charge in [-0.2, -0.15) is 5.10 Å². The van der Waals surface area contributed by atoms with Crippen LogP contribution in [0.25, 0.3) is 10.9 Å². The van der Waals surface area contributed by atoms with Gasteiger partial charge in [-0.05, 0) is 25.8 Å². The smallest absolute Gasteiger partial charge is 0.223 e. The van der Waals surface area contributed by atoms with Gasteiger partial charge in [-0.25, -0.2) is 0 Å². The molecule has 1 aliphatic rings. The van der Waals surface area contributed by atoms with E-state index in [-0.39, 0.29) is 11.8 Å². The molecule has 4 nitrogen and oxygen atoms in total. The summed E-state index contributed by atoms with van der Waals surface area (Å²) in [4.78, 5) is 11.9. The summed E-state index contributed by atoms with van der Waals surface area (Å²) in [5, 5.41) is 8.74. The number of carbonyl (C=O) groups excluding carboxylic acids is 1. The summed E-state index contributed by atoms with van der Waals surface area (Å²) in [5.74, 6) is 0.418. The molecule has 1 heterocycles. The van der Waals surface area contributed by atoms with Crippen LogP contribution in [0, 0.1) is 5.92 Å². The predicted molar refractivity (Wildman–Crippen MR) is 74.6 cm³/mol. The fraction of sp³-hybridized carbons (Fsp3) is 0.467. The summed E-state index contributed by atoms with van der Waals surface area (Å²) in [7, 11) is 0. The van der Waals surface area contributed by atoms with Crippen molar-refractivity contribution in [2.75, 3.05) is 0 Å². The molecular formula is C15H19N3O. The molecule has 4 heteroatoms. The van der Waals surface area contributed by atoms with Gasteiger partial charge >= 0.3 is 0 Å². The minimum Gasteiger partial charge on any atom is -0.350 e. The van der Waals surface area contributed by atoms with Crippen molar-refractivity contribution in [1.82, 2.24) is 15.1 Å². The second-order valence-corrected chi connectivity index (χ2v) is 5.13. The first kappa shape index (κ1) is 12.2. The number of benzene rings is 1. The lowest BCUT2D eigenvalue weighted by Gasteiger charge is -2.23. The van der Waals surface area contributed by atoms with Gasteiger partial charge in [-0.15, -0.1) is 0 Å². The van der Waals surface area contributed by atoms with Crippen molar-refractivity contribution in [3.05, 3.63) is 30.0 Å². The third-order valence-electron chi connectivity index (χ3n) is 3.94. The molecule has 1 amide bonds. The van der Waals surface area contributed by atoms with E-state index in [0.29, 0.717) is 6.54 Å². The third kappa shape index (κ3) is 2.23. The van der Waals surface area contributed by atoms with Crippen molar-refractivity contribution in [2.45, 2.75) is 39.3 Å². The Morgan fingerprint density at radius 1 is 1.42 bits per heavy atom. The van der Waals surface area contributed by atoms with Gasteiger partial charge in [-0.1, -0.05) is 24.6 Å². The largest absolute Gasteiger partial charge is 0.350 e. The molecule has 0 radical (unpaired) electrons. The zero-order valence-corrected chi connectivity index (χ0v) is 11.2. The molecule has 19 heavy (non-hydrogen) atoms. The second-order valence-electron chi connectivity index (χ2n) is 5.13. The molecule has 1 aromatic heterocycles. The van der Waals surface area contributed by atoms with Gasteiger partial charge < -0.3 is 5.32 Å². The summed E-state index contributed by atoms with van der Waals surface area (Å²) in [6, 6.07) is 8.18. The van der Waals surface area contributed by atoms with Crippen LogP contribution < -0.4 is 5.32 Å². The highest BCUT2D eigenvalue weighted by atomic mass is 16.1. The molecule has 1 N–H and O–H groups in total. The van der Waals surface area contributed by atoms with Gasteiger partial charge in [0.25, 0.3) is 0 Å². The first-order valence-corrected chi connectivity index (χ1v) is 7.01. The molecule has 3 rings (SSSR count). The van der Waals surface area contributed by atoms with Crippen molar-refractivity contribution in [2.24, 2.45) is 5.92 Å². The number of hydrogen-bond acceptors (Lipinski definition) is 2. The average molecular weight is 257 g/mol. The number of nitrogens with zero attached hydrogens (tertiary/aromatic N) is 2. The number of nitrogens with one attached hydrogen (secondary N) is 1. The first-order chi connectivity index (χ1) is 9.29. The zero-order valence-electron chi connectivity index (χ0n) is 11.2. The van der Waals surface area contributed by atoms with E-state index in [9.17, 15) is 4.79 Å². The highest BCUT2D eigenvalue weighted by Gasteiger charge is 2.25. The summed E-state index contributed by atoms with van der Waals surface area (Å²) in [6.07, 6.45) is 3.26. The number of para-hydroxylation sites is 1. The van der Waals surface area contributed by atoms with E-state index >= 15 is 0 Å². The van der Waals surface area contributed by atoms with Crippen LogP contribution in [-0.4, -0.2) is 15.7 Å². The van der Waals surface area contributed by atoms with Crippen LogP contribution in [0.4, 0.5) is 0 Å². The van der Waals surface area contributed by atoms with Crippen LogP contribution in [0.1, 0.15) is 31.9 Å². The monoisotopic (exact) mass is 257 g/mol. The Kier molecular flexibility index (Phi) is 3.23. The van der Waals surface area contributed by atoms with Gasteiger partial charge in [-0.3, -0.25) is 9.48 Å². The van der Waals surface area contributed by atoms with Crippen molar-refractivity contribution >= 4 is 16.8 Å². The number of aromatic nitrogens is 2. The Bertz CT molecular complexity index is 598. The van der Waals surface area contributed by atoms with Gasteiger partial charge in [0.2, 0.25) is 5.91 Å². The van der Waals surface area contributed by atoms with Crippen molar-refractivity contribution in [3.8, 4) is 0 Å². The normalized spacial score (nSPS) is 15.4. The molecule has 100 valence electrons. The topological polar surface area (TPSA) is 46.9 Å². The highest BCUT2D eigenvalue weighted by Crippen LogP contribution is 2.26. The van der Waals surface area contributed by atoms with Gasteiger partial charge in [0, 0.05) is 17.8 Å². The second kappa shape index (κ2) is 5.03. The Hall–Kier alpha value is -1.84. The van der Waals surface area contributed by atoms with Gasteiger partial charge in [0.1, 0.15) is 0 Å². The number of aryl methyl sites for hydroxylation is 1. The lowest BCUT2D eigenvalue weighted by Crippen LogP contribution is -2.34. The molecule has 1 saturated carbocycles. The standard InChI is InChI=1S/C15H19N3O/c1-2-18-14-9-4-3-8-12(14)13(17-18)10-16-15(19)11-6-5-7-11/h3-4,8-9,11H,2,5-7,10H2,1H3,(H,16,19). The Morgan fingerprint density at radius 3 is 2.89 bits per heavy atom. The number of amides is 1. The zero-order chi connectivity index (χ0) is 13.2. The average Bonchev–Trinajstić information content (AvgIpc) is 2.72. The quantitative estimate of drug-likeness (QED) is 0.914. The summed E-state index contributed by atoms with van der Waals surface area (Å²) >= 11 is 0. The number of rotatable bonds is 4. The number of hydrogen-bond donors (Lipinski definition) is 1. The minimum absolute atomic E-state index is 0.182. The summed E-state index contributed by atoms with van der Waals surface area (Å²) < 4.78 is 1.99. The maximum atomic E-state index is 11.9. The summed E-state index contributed by atoms with van der Waals surface area (Å²) in [6.45, 7) is 3.45. The Balaban J connectivity index is 1.78. The van der Waals surface area contributed by atoms with Crippen molar-refractivity contribution in [1.29, 1.82) is 0 Å². The van der Waals surface area contributed by atoms with Crippen LogP contribution in [0.3, 0.4) is 0 Å². The molecule has 2 aromatic rings. The van der Waals surface area contributed by atoms with E-state index in [1.165, 1.54) is 6.42 Å². The summed E-state index contributed by atoms with van der Waals surface area (Å²) in [5.41, 5.74) is 2.10. The van der Waals surface area contributed by atoms with E-state index in [0.717, 1.165) is 36.0 Å². The lowest BCUT2D eigenvalue weighted by molar-refractivity contribution is -0.127. The molecule has 0 saturated heterocycles. The fourth-order valence-electron chi connectivity index (χ4n) is 2.55. The predicted octanol–water partition coefficient (Wildman–Crippen LogP) is 2.47. The van der Waals surface area contributed by atoms with Gasteiger partial charge in [0.15, 0.2) is 0 Å². The lowest BCUT2D eigenvalue weighted by atomic mass is 9.85. The van der Waals surface area contributed by atoms with Gasteiger partial charge in [0.05, 0.1) is 17.8 Å². The van der Waals surface area contributed by atoms with Crippen LogP contribution in [0.5, 0.6) is 0 Å².